The molecule has 0 heterocycles. The first kappa shape index (κ1) is 18.2. The Kier molecular flexibility index (Phi) is 7.60. The number of ketones is 1. The minimum Gasteiger partial charge on any atom is -0.494 e. The fourth-order valence-electron chi connectivity index (χ4n) is 2.36. The first-order valence-electron chi connectivity index (χ1n) is 7.72. The Bertz CT molecular complexity index is 480. The summed E-state index contributed by atoms with van der Waals surface area (Å²) in [5, 5.41) is 9.06. The number of carboxylic acid groups (broad SMARTS) is 1. The molecule has 0 saturated heterocycles. The van der Waals surface area contributed by atoms with Gasteiger partial charge in [-0.25, -0.2) is 0 Å². The van der Waals surface area contributed by atoms with E-state index in [9.17, 15) is 9.59 Å². The number of benzene rings is 1. The summed E-state index contributed by atoms with van der Waals surface area (Å²) in [5.74, 6) is -0.901. The van der Waals surface area contributed by atoms with E-state index in [4.69, 9.17) is 9.84 Å². The second kappa shape index (κ2) is 9.20. The molecule has 0 amide bonds. The van der Waals surface area contributed by atoms with E-state index in [0.717, 1.165) is 13.1 Å². The molecule has 1 aromatic rings. The second-order valence-corrected chi connectivity index (χ2v) is 5.10. The van der Waals surface area contributed by atoms with Crippen molar-refractivity contribution in [3.63, 3.8) is 0 Å². The Morgan fingerprint density at radius 1 is 1.14 bits per heavy atom. The number of ether oxygens (including phenoxy) is 1. The Balaban J connectivity index is 2.87. The second-order valence-electron chi connectivity index (χ2n) is 5.10. The molecule has 0 aromatic heterocycles. The molecule has 0 radical (unpaired) electrons. The van der Waals surface area contributed by atoms with Crippen LogP contribution in [0.5, 0.6) is 5.75 Å². The van der Waals surface area contributed by atoms with Crippen LogP contribution in [0.25, 0.3) is 0 Å². The molecule has 5 heteroatoms. The van der Waals surface area contributed by atoms with Crippen LogP contribution in [-0.2, 0) is 4.79 Å². The van der Waals surface area contributed by atoms with E-state index in [2.05, 4.69) is 4.90 Å². The van der Waals surface area contributed by atoms with E-state index < -0.39 is 11.9 Å². The molecule has 0 spiro atoms. The molecule has 5 nitrogen and oxygen atoms in total. The molecule has 0 saturated carbocycles. The van der Waals surface area contributed by atoms with E-state index >= 15 is 0 Å². The average molecular weight is 307 g/mol. The topological polar surface area (TPSA) is 66.8 Å². The third-order valence-corrected chi connectivity index (χ3v) is 3.61. The number of hydrogen-bond acceptors (Lipinski definition) is 4. The van der Waals surface area contributed by atoms with Crippen molar-refractivity contribution >= 4 is 11.8 Å². The van der Waals surface area contributed by atoms with Crippen LogP contribution in [0.1, 0.15) is 37.6 Å². The highest BCUT2D eigenvalue weighted by atomic mass is 16.5. The fraction of sp³-hybridized carbons (Fsp3) is 0.529. The lowest BCUT2D eigenvalue weighted by Gasteiger charge is -2.23. The van der Waals surface area contributed by atoms with E-state index in [1.807, 2.05) is 20.8 Å². The number of carboxylic acids is 1. The maximum atomic E-state index is 12.6. The van der Waals surface area contributed by atoms with Crippen molar-refractivity contribution in [3.8, 4) is 5.75 Å². The number of carbonyl (C=O) groups is 2. The summed E-state index contributed by atoms with van der Waals surface area (Å²) in [6.07, 6.45) is -0.150. The normalized spacial score (nSPS) is 12.2. The van der Waals surface area contributed by atoms with E-state index in [-0.39, 0.29) is 12.2 Å². The van der Waals surface area contributed by atoms with Gasteiger partial charge >= 0.3 is 5.97 Å². The van der Waals surface area contributed by atoms with Crippen molar-refractivity contribution in [1.29, 1.82) is 0 Å². The van der Waals surface area contributed by atoms with Crippen LogP contribution in [0, 0.1) is 5.92 Å². The largest absolute Gasteiger partial charge is 0.494 e. The maximum Gasteiger partial charge on any atom is 0.304 e. The highest BCUT2D eigenvalue weighted by Crippen LogP contribution is 2.18. The van der Waals surface area contributed by atoms with Crippen LogP contribution < -0.4 is 4.74 Å². The molecule has 1 rings (SSSR count). The van der Waals surface area contributed by atoms with Crippen molar-refractivity contribution in [1.82, 2.24) is 4.90 Å². The summed E-state index contributed by atoms with van der Waals surface area (Å²) in [7, 11) is 0. The molecule has 122 valence electrons. The maximum absolute atomic E-state index is 12.6. The van der Waals surface area contributed by atoms with Gasteiger partial charge in [0.2, 0.25) is 0 Å². The lowest BCUT2D eigenvalue weighted by Crippen LogP contribution is -2.34. The standard InChI is InChI=1S/C17H25NO4/c1-4-18(5-2)12-14(11-16(19)20)17(21)13-7-9-15(10-8-13)22-6-3/h7-10,14H,4-6,11-12H2,1-3H3,(H,19,20). The van der Waals surface area contributed by atoms with Gasteiger partial charge in [0.05, 0.1) is 13.0 Å². The van der Waals surface area contributed by atoms with Crippen LogP contribution in [0.4, 0.5) is 0 Å². The van der Waals surface area contributed by atoms with Crippen molar-refractivity contribution in [3.05, 3.63) is 29.8 Å². The molecule has 0 bridgehead atoms. The zero-order valence-electron chi connectivity index (χ0n) is 13.5. The first-order chi connectivity index (χ1) is 10.5. The van der Waals surface area contributed by atoms with Gasteiger partial charge in [-0.15, -0.1) is 0 Å². The zero-order valence-corrected chi connectivity index (χ0v) is 13.5. The molecule has 0 aliphatic heterocycles. The van der Waals surface area contributed by atoms with Crippen LogP contribution in [0.3, 0.4) is 0 Å². The molecule has 22 heavy (non-hydrogen) atoms. The number of aliphatic carboxylic acids is 1. The highest BCUT2D eigenvalue weighted by Gasteiger charge is 2.24. The van der Waals surface area contributed by atoms with Crippen LogP contribution in [0.15, 0.2) is 24.3 Å². The van der Waals surface area contributed by atoms with Gasteiger partial charge in [-0.05, 0) is 44.3 Å². The van der Waals surface area contributed by atoms with Crippen molar-refractivity contribution in [2.45, 2.75) is 27.2 Å². The molecule has 1 N–H and O–H groups in total. The van der Waals surface area contributed by atoms with Gasteiger partial charge in [-0.3, -0.25) is 9.59 Å². The predicted octanol–water partition coefficient (Wildman–Crippen LogP) is 2.70. The monoisotopic (exact) mass is 307 g/mol. The fourth-order valence-corrected chi connectivity index (χ4v) is 2.36. The van der Waals surface area contributed by atoms with Gasteiger partial charge in [-0.2, -0.15) is 0 Å². The third-order valence-electron chi connectivity index (χ3n) is 3.61. The van der Waals surface area contributed by atoms with Gasteiger partial charge in [0.1, 0.15) is 5.75 Å². The number of rotatable bonds is 10. The number of hydrogen-bond donors (Lipinski definition) is 1. The van der Waals surface area contributed by atoms with Crippen molar-refractivity contribution in [2.24, 2.45) is 5.92 Å². The van der Waals surface area contributed by atoms with Crippen LogP contribution in [-0.4, -0.2) is 48.0 Å². The molecule has 1 unspecified atom stereocenters. The zero-order chi connectivity index (χ0) is 16.5. The Hall–Kier alpha value is -1.88. The van der Waals surface area contributed by atoms with Gasteiger partial charge < -0.3 is 14.7 Å². The molecular weight excluding hydrogens is 282 g/mol. The number of carbonyl (C=O) groups excluding carboxylic acids is 1. The molecule has 0 aliphatic carbocycles. The third kappa shape index (κ3) is 5.48. The molecular formula is C17H25NO4. The van der Waals surface area contributed by atoms with Crippen molar-refractivity contribution in [2.75, 3.05) is 26.2 Å². The van der Waals surface area contributed by atoms with Gasteiger partial charge in [0.25, 0.3) is 0 Å². The summed E-state index contributed by atoms with van der Waals surface area (Å²) < 4.78 is 5.35. The van der Waals surface area contributed by atoms with Crippen LogP contribution >= 0.6 is 0 Å². The average Bonchev–Trinajstić information content (AvgIpc) is 2.51. The summed E-state index contributed by atoms with van der Waals surface area (Å²) in [4.78, 5) is 25.7. The van der Waals surface area contributed by atoms with Gasteiger partial charge in [0, 0.05) is 18.0 Å². The molecule has 1 atom stereocenters. The smallest absolute Gasteiger partial charge is 0.304 e. The van der Waals surface area contributed by atoms with E-state index in [1.165, 1.54) is 0 Å². The van der Waals surface area contributed by atoms with Crippen LogP contribution in [0.2, 0.25) is 0 Å². The summed E-state index contributed by atoms with van der Waals surface area (Å²) in [5.41, 5.74) is 0.529. The first-order valence-corrected chi connectivity index (χ1v) is 7.72. The van der Waals surface area contributed by atoms with Crippen molar-refractivity contribution < 1.29 is 19.4 Å². The molecule has 0 aliphatic rings. The minimum atomic E-state index is -0.948. The summed E-state index contributed by atoms with van der Waals surface area (Å²) in [6.45, 7) is 8.52. The quantitative estimate of drug-likeness (QED) is 0.673. The predicted molar refractivity (Wildman–Crippen MR) is 85.5 cm³/mol. The minimum absolute atomic E-state index is 0.127. The lowest BCUT2D eigenvalue weighted by molar-refractivity contribution is -0.137. The number of nitrogens with zero attached hydrogens (tertiary/aromatic N) is 1. The van der Waals surface area contributed by atoms with Gasteiger partial charge in [-0.1, -0.05) is 13.8 Å². The molecule has 1 aromatic carbocycles. The SMILES string of the molecule is CCOc1ccc(C(=O)C(CC(=O)O)CN(CC)CC)cc1. The Morgan fingerprint density at radius 3 is 2.18 bits per heavy atom. The Morgan fingerprint density at radius 2 is 1.73 bits per heavy atom. The van der Waals surface area contributed by atoms with Gasteiger partial charge in [0.15, 0.2) is 5.78 Å². The van der Waals surface area contributed by atoms with E-state index in [0.29, 0.717) is 24.5 Å². The lowest BCUT2D eigenvalue weighted by atomic mass is 9.94. The summed E-state index contributed by atoms with van der Waals surface area (Å²) in [6, 6.07) is 6.88. The highest BCUT2D eigenvalue weighted by molar-refractivity contribution is 5.99. The molecule has 0 fully saturated rings. The summed E-state index contributed by atoms with van der Waals surface area (Å²) >= 11 is 0. The number of Topliss-reactive ketones (excluding diaryl/α,β-unsaturated/α-hetero) is 1. The van der Waals surface area contributed by atoms with E-state index in [1.54, 1.807) is 24.3 Å². The Labute approximate surface area is 131 Å².